The van der Waals surface area contributed by atoms with Gasteiger partial charge >= 0.3 is 0 Å². The molecule has 138 valence electrons. The molecule has 0 bridgehead atoms. The van der Waals surface area contributed by atoms with Crippen LogP contribution in [0.25, 0.3) is 0 Å². The van der Waals surface area contributed by atoms with Gasteiger partial charge in [-0.3, -0.25) is 14.3 Å². The van der Waals surface area contributed by atoms with E-state index in [2.05, 4.69) is 15.6 Å². The normalized spacial score (nSPS) is 16.9. The van der Waals surface area contributed by atoms with Gasteiger partial charge < -0.3 is 14.7 Å². The molecular weight excluding hydrogens is 334 g/mol. The van der Waals surface area contributed by atoms with Crippen LogP contribution in [0.4, 0.5) is 0 Å². The van der Waals surface area contributed by atoms with Crippen molar-refractivity contribution in [1.82, 2.24) is 25.2 Å². The number of nitrogens with one attached hydrogen (secondary N) is 1. The summed E-state index contributed by atoms with van der Waals surface area (Å²) in [6.45, 7) is 5.80. The van der Waals surface area contributed by atoms with Crippen molar-refractivity contribution in [3.63, 3.8) is 0 Å². The first kappa shape index (κ1) is 16.8. The lowest BCUT2D eigenvalue weighted by atomic mass is 9.84. The molecule has 0 saturated heterocycles. The van der Waals surface area contributed by atoms with Crippen molar-refractivity contribution in [2.24, 2.45) is 5.92 Å². The number of amides is 2. The second-order valence-electron chi connectivity index (χ2n) is 7.12. The minimum absolute atomic E-state index is 0.214. The molecule has 1 N–H and O–H groups in total. The van der Waals surface area contributed by atoms with E-state index in [1.165, 1.54) is 0 Å². The number of aromatic nitrogens is 3. The van der Waals surface area contributed by atoms with Gasteiger partial charge in [0.25, 0.3) is 5.91 Å². The molecule has 3 heterocycles. The van der Waals surface area contributed by atoms with Gasteiger partial charge in [-0.05, 0) is 32.8 Å². The lowest BCUT2D eigenvalue weighted by Gasteiger charge is -2.34. The molecule has 2 aliphatic rings. The number of aryl methyl sites for hydroxylation is 2. The van der Waals surface area contributed by atoms with Crippen LogP contribution in [0.3, 0.4) is 0 Å². The molecule has 1 aliphatic heterocycles. The number of carbonyl (C=O) groups excluding carboxylic acids is 2. The number of hydrogen-bond acceptors (Lipinski definition) is 5. The third-order valence-electron chi connectivity index (χ3n) is 5.31. The Hall–Kier alpha value is -2.64. The van der Waals surface area contributed by atoms with Crippen molar-refractivity contribution >= 4 is 11.8 Å². The standard InChI is InChI=1S/C18H23N5O3/c1-11-16(12(2)26-21-11)17(24)19-9-14-8-15-10-22(6-7-23(15)20-14)18(25)13-4-3-5-13/h8,13H,3-7,9-10H2,1-2H3,(H,19,24). The first-order chi connectivity index (χ1) is 12.5. The van der Waals surface area contributed by atoms with Gasteiger partial charge in [0.05, 0.1) is 36.7 Å². The Bertz CT molecular complexity index is 830. The predicted octanol–water partition coefficient (Wildman–Crippen LogP) is 1.56. The van der Waals surface area contributed by atoms with E-state index in [4.69, 9.17) is 4.52 Å². The highest BCUT2D eigenvalue weighted by Gasteiger charge is 2.31. The summed E-state index contributed by atoms with van der Waals surface area (Å²) in [5.41, 5.74) is 2.86. The highest BCUT2D eigenvalue weighted by molar-refractivity contribution is 5.95. The van der Waals surface area contributed by atoms with Crippen LogP contribution in [0, 0.1) is 19.8 Å². The van der Waals surface area contributed by atoms with Crippen LogP contribution in [-0.4, -0.2) is 38.2 Å². The fourth-order valence-corrected chi connectivity index (χ4v) is 3.58. The van der Waals surface area contributed by atoms with E-state index in [-0.39, 0.29) is 17.7 Å². The maximum atomic E-state index is 12.4. The summed E-state index contributed by atoms with van der Waals surface area (Å²) in [6, 6.07) is 1.97. The molecule has 1 fully saturated rings. The van der Waals surface area contributed by atoms with Crippen LogP contribution < -0.4 is 5.32 Å². The average molecular weight is 357 g/mol. The second kappa shape index (κ2) is 6.59. The van der Waals surface area contributed by atoms with E-state index in [1.54, 1.807) is 13.8 Å². The second-order valence-corrected chi connectivity index (χ2v) is 7.12. The zero-order chi connectivity index (χ0) is 18.3. The minimum atomic E-state index is -0.214. The molecule has 2 aromatic heterocycles. The molecule has 0 atom stereocenters. The quantitative estimate of drug-likeness (QED) is 0.896. The van der Waals surface area contributed by atoms with Crippen molar-refractivity contribution in [1.29, 1.82) is 0 Å². The largest absolute Gasteiger partial charge is 0.361 e. The summed E-state index contributed by atoms with van der Waals surface area (Å²) in [7, 11) is 0. The van der Waals surface area contributed by atoms with E-state index in [0.717, 1.165) is 30.7 Å². The van der Waals surface area contributed by atoms with E-state index >= 15 is 0 Å². The topological polar surface area (TPSA) is 93.3 Å². The molecule has 2 amide bonds. The van der Waals surface area contributed by atoms with E-state index in [9.17, 15) is 9.59 Å². The third-order valence-corrected chi connectivity index (χ3v) is 5.31. The molecule has 2 aromatic rings. The van der Waals surface area contributed by atoms with Crippen LogP contribution in [0.15, 0.2) is 10.6 Å². The van der Waals surface area contributed by atoms with Gasteiger partial charge in [-0.15, -0.1) is 0 Å². The molecule has 1 saturated carbocycles. The SMILES string of the molecule is Cc1noc(C)c1C(=O)NCc1cc2n(n1)CCN(C(=O)C1CCC1)C2. The molecule has 1 aliphatic carbocycles. The zero-order valence-electron chi connectivity index (χ0n) is 15.1. The number of carbonyl (C=O) groups is 2. The fourth-order valence-electron chi connectivity index (χ4n) is 3.58. The van der Waals surface area contributed by atoms with E-state index < -0.39 is 0 Å². The molecule has 0 unspecified atom stereocenters. The summed E-state index contributed by atoms with van der Waals surface area (Å²) in [6.07, 6.45) is 3.21. The Morgan fingerprint density at radius 1 is 1.31 bits per heavy atom. The van der Waals surface area contributed by atoms with Crippen LogP contribution in [-0.2, 0) is 24.4 Å². The zero-order valence-corrected chi connectivity index (χ0v) is 15.1. The van der Waals surface area contributed by atoms with E-state index in [1.807, 2.05) is 15.6 Å². The van der Waals surface area contributed by atoms with Gasteiger partial charge in [0, 0.05) is 12.5 Å². The first-order valence-electron chi connectivity index (χ1n) is 9.08. The molecular formula is C18H23N5O3. The molecule has 8 nitrogen and oxygen atoms in total. The van der Waals surface area contributed by atoms with Crippen LogP contribution in [0.2, 0.25) is 0 Å². The summed E-state index contributed by atoms with van der Waals surface area (Å²) in [5.74, 6) is 0.790. The average Bonchev–Trinajstić information content (AvgIpc) is 3.13. The first-order valence-corrected chi connectivity index (χ1v) is 9.08. The molecule has 0 aromatic carbocycles. The molecule has 0 radical (unpaired) electrons. The van der Waals surface area contributed by atoms with Crippen molar-refractivity contribution in [2.45, 2.75) is 52.7 Å². The Morgan fingerprint density at radius 2 is 2.12 bits per heavy atom. The molecule has 0 spiro atoms. The van der Waals surface area contributed by atoms with Crippen LogP contribution >= 0.6 is 0 Å². The number of hydrogen-bond donors (Lipinski definition) is 1. The maximum Gasteiger partial charge on any atom is 0.257 e. The molecule has 8 heteroatoms. The highest BCUT2D eigenvalue weighted by atomic mass is 16.5. The Morgan fingerprint density at radius 3 is 2.77 bits per heavy atom. The summed E-state index contributed by atoms with van der Waals surface area (Å²) in [4.78, 5) is 26.7. The number of rotatable bonds is 4. The number of fused-ring (bicyclic) bond motifs is 1. The Balaban J connectivity index is 1.39. The monoisotopic (exact) mass is 357 g/mol. The Labute approximate surface area is 151 Å². The van der Waals surface area contributed by atoms with E-state index in [0.29, 0.717) is 43.2 Å². The van der Waals surface area contributed by atoms with Crippen molar-refractivity contribution in [3.8, 4) is 0 Å². The maximum absolute atomic E-state index is 12.4. The van der Waals surface area contributed by atoms with Crippen molar-refractivity contribution < 1.29 is 14.1 Å². The van der Waals surface area contributed by atoms with Crippen molar-refractivity contribution in [3.05, 3.63) is 34.5 Å². The third kappa shape index (κ3) is 3.00. The van der Waals surface area contributed by atoms with Gasteiger partial charge in [0.15, 0.2) is 0 Å². The smallest absolute Gasteiger partial charge is 0.257 e. The van der Waals surface area contributed by atoms with Gasteiger partial charge in [-0.2, -0.15) is 5.10 Å². The van der Waals surface area contributed by atoms with Crippen LogP contribution in [0.1, 0.15) is 52.5 Å². The van der Waals surface area contributed by atoms with Gasteiger partial charge in [-0.25, -0.2) is 0 Å². The number of nitrogens with zero attached hydrogens (tertiary/aromatic N) is 4. The fraction of sp³-hybridized carbons (Fsp3) is 0.556. The van der Waals surface area contributed by atoms with Gasteiger partial charge in [0.2, 0.25) is 5.91 Å². The lowest BCUT2D eigenvalue weighted by molar-refractivity contribution is -0.139. The lowest BCUT2D eigenvalue weighted by Crippen LogP contribution is -2.43. The highest BCUT2D eigenvalue weighted by Crippen LogP contribution is 2.29. The summed E-state index contributed by atoms with van der Waals surface area (Å²) >= 11 is 0. The predicted molar refractivity (Wildman–Crippen MR) is 92.1 cm³/mol. The van der Waals surface area contributed by atoms with Gasteiger partial charge in [0.1, 0.15) is 11.3 Å². The minimum Gasteiger partial charge on any atom is -0.361 e. The summed E-state index contributed by atoms with van der Waals surface area (Å²) < 4.78 is 6.97. The van der Waals surface area contributed by atoms with Crippen molar-refractivity contribution in [2.75, 3.05) is 6.54 Å². The molecule has 4 rings (SSSR count). The molecule has 26 heavy (non-hydrogen) atoms. The Kier molecular flexibility index (Phi) is 4.26. The van der Waals surface area contributed by atoms with Gasteiger partial charge in [-0.1, -0.05) is 11.6 Å². The van der Waals surface area contributed by atoms with Crippen LogP contribution in [0.5, 0.6) is 0 Å². The summed E-state index contributed by atoms with van der Waals surface area (Å²) in [5, 5.41) is 11.2.